The van der Waals surface area contributed by atoms with E-state index in [9.17, 15) is 0 Å². The third kappa shape index (κ3) is 1.87. The fraction of sp³-hybridized carbons (Fsp3) is 0.571. The molecular weight excluding hydrogens is 114 g/mol. The second-order valence-electron chi connectivity index (χ2n) is 2.07. The molecule has 0 saturated carbocycles. The summed E-state index contributed by atoms with van der Waals surface area (Å²) in [6.45, 7) is 8.06. The van der Waals surface area contributed by atoms with Crippen molar-refractivity contribution in [2.75, 3.05) is 13.2 Å². The Morgan fingerprint density at radius 1 is 1.67 bits per heavy atom. The van der Waals surface area contributed by atoms with Crippen LogP contribution in [0, 0.1) is 6.57 Å². The van der Waals surface area contributed by atoms with Gasteiger partial charge in [-0.3, -0.25) is 0 Å². The van der Waals surface area contributed by atoms with Crippen molar-refractivity contribution in [1.82, 2.24) is 0 Å². The lowest BCUT2D eigenvalue weighted by Gasteiger charge is -2.12. The summed E-state index contributed by atoms with van der Waals surface area (Å²) >= 11 is 0. The van der Waals surface area contributed by atoms with Crippen LogP contribution in [0.5, 0.6) is 0 Å². The Hall–Kier alpha value is -0.810. The molecule has 0 aliphatic carbocycles. The molecule has 1 fully saturated rings. The van der Waals surface area contributed by atoms with Gasteiger partial charge in [-0.2, -0.15) is 0 Å². The van der Waals surface area contributed by atoms with Gasteiger partial charge >= 0.3 is 0 Å². The van der Waals surface area contributed by atoms with E-state index in [2.05, 4.69) is 4.85 Å². The van der Waals surface area contributed by atoms with Crippen LogP contribution in [0.3, 0.4) is 0 Å². The van der Waals surface area contributed by atoms with Crippen LogP contribution >= 0.6 is 0 Å². The second-order valence-corrected chi connectivity index (χ2v) is 2.07. The minimum absolute atomic E-state index is 0.669. The normalized spacial score (nSPS) is 23.7. The van der Waals surface area contributed by atoms with Crippen LogP contribution in [0.4, 0.5) is 0 Å². The summed E-state index contributed by atoms with van der Waals surface area (Å²) in [6.07, 6.45) is 3.68. The monoisotopic (exact) mass is 123 g/mol. The van der Waals surface area contributed by atoms with Crippen LogP contribution < -0.4 is 0 Å². The highest BCUT2D eigenvalue weighted by Crippen LogP contribution is 2.11. The molecule has 48 valence electrons. The highest BCUT2D eigenvalue weighted by atomic mass is 16.5. The molecule has 0 radical (unpaired) electrons. The van der Waals surface area contributed by atoms with Crippen LogP contribution in [0.25, 0.3) is 4.85 Å². The molecule has 0 aromatic heterocycles. The van der Waals surface area contributed by atoms with Crippen LogP contribution in [0.2, 0.25) is 0 Å². The van der Waals surface area contributed by atoms with Gasteiger partial charge in [-0.05, 0) is 18.4 Å². The van der Waals surface area contributed by atoms with Crippen LogP contribution in [0.15, 0.2) is 11.8 Å². The number of rotatable bonds is 0. The molecule has 1 aliphatic rings. The van der Waals surface area contributed by atoms with Gasteiger partial charge in [0.15, 0.2) is 6.20 Å². The first kappa shape index (κ1) is 6.31. The summed E-state index contributed by atoms with van der Waals surface area (Å²) in [7, 11) is 0. The maximum Gasteiger partial charge on any atom is 0.155 e. The lowest BCUT2D eigenvalue weighted by Crippen LogP contribution is -2.07. The van der Waals surface area contributed by atoms with Gasteiger partial charge in [-0.25, -0.2) is 4.85 Å². The van der Waals surface area contributed by atoms with E-state index in [0.717, 1.165) is 25.0 Å². The summed E-state index contributed by atoms with van der Waals surface area (Å²) in [4.78, 5) is 3.17. The topological polar surface area (TPSA) is 13.6 Å². The van der Waals surface area contributed by atoms with E-state index >= 15 is 0 Å². The molecule has 1 aliphatic heterocycles. The molecule has 0 aromatic rings. The third-order valence-corrected chi connectivity index (χ3v) is 1.32. The quantitative estimate of drug-likeness (QED) is 0.446. The smallest absolute Gasteiger partial charge is 0.155 e. The zero-order chi connectivity index (χ0) is 6.53. The van der Waals surface area contributed by atoms with E-state index < -0.39 is 0 Å². The molecule has 1 rings (SSSR count). The maximum atomic E-state index is 6.53. The van der Waals surface area contributed by atoms with E-state index in [1.807, 2.05) is 0 Å². The SMILES string of the molecule is [C-]#[N+]C=C1CCCOC1. The fourth-order valence-corrected chi connectivity index (χ4v) is 0.870. The van der Waals surface area contributed by atoms with Gasteiger partial charge in [-0.1, -0.05) is 0 Å². The van der Waals surface area contributed by atoms with E-state index in [-0.39, 0.29) is 0 Å². The molecule has 0 bridgehead atoms. The molecule has 0 N–H and O–H groups in total. The van der Waals surface area contributed by atoms with Crippen LogP contribution in [-0.2, 0) is 4.74 Å². The lowest BCUT2D eigenvalue weighted by molar-refractivity contribution is 0.130. The standard InChI is InChI=1S/C7H9NO/c1-8-5-7-3-2-4-9-6-7/h5H,2-4,6H2. The molecule has 0 aromatic carbocycles. The lowest BCUT2D eigenvalue weighted by atomic mass is 10.1. The van der Waals surface area contributed by atoms with Gasteiger partial charge in [0.1, 0.15) is 0 Å². The predicted octanol–water partition coefficient (Wildman–Crippen LogP) is 1.60. The molecule has 0 spiro atoms. The van der Waals surface area contributed by atoms with Crippen LogP contribution in [0.1, 0.15) is 12.8 Å². The Morgan fingerprint density at radius 3 is 3.11 bits per heavy atom. The first-order valence-corrected chi connectivity index (χ1v) is 3.05. The highest BCUT2D eigenvalue weighted by molar-refractivity contribution is 5.07. The van der Waals surface area contributed by atoms with Gasteiger partial charge in [0.25, 0.3) is 0 Å². The van der Waals surface area contributed by atoms with Crippen molar-refractivity contribution in [3.05, 3.63) is 23.2 Å². The second kappa shape index (κ2) is 3.26. The molecule has 9 heavy (non-hydrogen) atoms. The largest absolute Gasteiger partial charge is 0.378 e. The zero-order valence-corrected chi connectivity index (χ0v) is 5.26. The molecule has 0 unspecified atom stereocenters. The predicted molar refractivity (Wildman–Crippen MR) is 34.7 cm³/mol. The average molecular weight is 123 g/mol. The Balaban J connectivity index is 2.42. The summed E-state index contributed by atoms with van der Waals surface area (Å²) < 4.78 is 5.12. The summed E-state index contributed by atoms with van der Waals surface area (Å²) in [5.74, 6) is 0. The van der Waals surface area contributed by atoms with Crippen molar-refractivity contribution in [1.29, 1.82) is 0 Å². The fourth-order valence-electron chi connectivity index (χ4n) is 0.870. The molecule has 1 heterocycles. The van der Waals surface area contributed by atoms with E-state index in [1.165, 1.54) is 0 Å². The number of nitrogens with zero attached hydrogens (tertiary/aromatic N) is 1. The molecule has 2 heteroatoms. The molecule has 0 amide bonds. The molecule has 1 saturated heterocycles. The van der Waals surface area contributed by atoms with Crippen molar-refractivity contribution >= 4 is 0 Å². The maximum absolute atomic E-state index is 6.53. The molecular formula is C7H9NO. The van der Waals surface area contributed by atoms with Crippen molar-refractivity contribution in [2.45, 2.75) is 12.8 Å². The number of ether oxygens (including phenoxy) is 1. The Labute approximate surface area is 54.9 Å². The van der Waals surface area contributed by atoms with Crippen molar-refractivity contribution in [2.24, 2.45) is 0 Å². The number of hydrogen-bond donors (Lipinski definition) is 0. The van der Waals surface area contributed by atoms with Crippen molar-refractivity contribution < 1.29 is 4.74 Å². The van der Waals surface area contributed by atoms with Gasteiger partial charge in [0.05, 0.1) is 13.2 Å². The Morgan fingerprint density at radius 2 is 2.56 bits per heavy atom. The summed E-state index contributed by atoms with van der Waals surface area (Å²) in [6, 6.07) is 0. The van der Waals surface area contributed by atoms with E-state index in [0.29, 0.717) is 6.61 Å². The van der Waals surface area contributed by atoms with Crippen molar-refractivity contribution in [3.8, 4) is 0 Å². The third-order valence-electron chi connectivity index (χ3n) is 1.32. The van der Waals surface area contributed by atoms with Gasteiger partial charge in [0.2, 0.25) is 0 Å². The minimum Gasteiger partial charge on any atom is -0.378 e. The Bertz CT molecular complexity index is 147. The Kier molecular flexibility index (Phi) is 2.29. The van der Waals surface area contributed by atoms with Crippen molar-refractivity contribution in [3.63, 3.8) is 0 Å². The minimum atomic E-state index is 0.669. The van der Waals surface area contributed by atoms with Gasteiger partial charge in [-0.15, -0.1) is 0 Å². The summed E-state index contributed by atoms with van der Waals surface area (Å²) in [5, 5.41) is 0. The summed E-state index contributed by atoms with van der Waals surface area (Å²) in [5.41, 5.74) is 1.14. The van der Waals surface area contributed by atoms with Crippen LogP contribution in [-0.4, -0.2) is 13.2 Å². The van der Waals surface area contributed by atoms with E-state index in [1.54, 1.807) is 6.20 Å². The van der Waals surface area contributed by atoms with E-state index in [4.69, 9.17) is 11.3 Å². The number of hydrogen-bond acceptors (Lipinski definition) is 1. The average Bonchev–Trinajstić information content (AvgIpc) is 1.91. The highest BCUT2D eigenvalue weighted by Gasteiger charge is 2.02. The first-order valence-electron chi connectivity index (χ1n) is 3.05. The zero-order valence-electron chi connectivity index (χ0n) is 5.26. The molecule has 2 nitrogen and oxygen atoms in total. The van der Waals surface area contributed by atoms with Gasteiger partial charge in [0, 0.05) is 6.61 Å². The van der Waals surface area contributed by atoms with Gasteiger partial charge < -0.3 is 4.74 Å². The molecule has 0 atom stereocenters. The first-order chi connectivity index (χ1) is 4.43.